The number of anilines is 1. The van der Waals surface area contributed by atoms with Crippen LogP contribution in [0.15, 0.2) is 99.4 Å². The van der Waals surface area contributed by atoms with Gasteiger partial charge in [0.25, 0.3) is 20.2 Å². The van der Waals surface area contributed by atoms with Gasteiger partial charge in [-0.2, -0.15) is 21.4 Å². The second-order valence-corrected chi connectivity index (χ2v) is 35.8. The zero-order chi connectivity index (χ0) is 78.6. The molecule has 31 nitrogen and oxygen atoms in total. The second kappa shape index (κ2) is 39.1. The van der Waals surface area contributed by atoms with Gasteiger partial charge in [-0.15, -0.1) is 0 Å². The van der Waals surface area contributed by atoms with Crippen molar-refractivity contribution < 1.29 is 77.3 Å². The van der Waals surface area contributed by atoms with E-state index in [1.54, 1.807) is 18.2 Å². The number of rotatable bonds is 40. The van der Waals surface area contributed by atoms with Crippen molar-refractivity contribution in [1.29, 1.82) is 0 Å². The van der Waals surface area contributed by atoms with E-state index in [0.717, 1.165) is 29.1 Å². The minimum absolute atomic E-state index is 0.0346. The van der Waals surface area contributed by atoms with Gasteiger partial charge in [0, 0.05) is 125 Å². The Morgan fingerprint density at radius 1 is 0.710 bits per heavy atom. The van der Waals surface area contributed by atoms with Gasteiger partial charge < -0.3 is 63.8 Å². The molecular formula is C71H106N15O16S5+. The fraction of sp³-hybridized carbons (Fsp3) is 0.577. The Morgan fingerprint density at radius 2 is 1.35 bits per heavy atom. The van der Waals surface area contributed by atoms with E-state index in [4.69, 9.17) is 22.9 Å². The molecule has 36 heteroatoms. The van der Waals surface area contributed by atoms with Crippen LogP contribution in [0.3, 0.4) is 0 Å². The molecule has 0 aliphatic carbocycles. The van der Waals surface area contributed by atoms with Crippen molar-refractivity contribution in [3.8, 4) is 0 Å². The SMILES string of the molecule is CCC[N+]1=C(/C=C/C=C/C=C/C=C2/N(CCCS(=O)(=O)O)c3ccc(S(=O)(=O)O)cc3C2(C)C)C(C)(C)c2cc(S(=O)(=O)N(C)CCCC(=O)NCCCSSC[C@H](NC(=O)CCCNC(=O)[C@@H]3CCCN3C(=O)[C@@H]3CCCN3C(=O)[C@H](CCCN=C(N)N)NC(=O)[C@@H]3CCCN3C(=O)CN)C(N)=O)ccc21. The van der Waals surface area contributed by atoms with E-state index in [9.17, 15) is 72.7 Å². The molecule has 2 aromatic carbocycles. The number of benzene rings is 2. The predicted octanol–water partition coefficient (Wildman–Crippen LogP) is 2.97. The van der Waals surface area contributed by atoms with E-state index in [1.807, 2.05) is 81.2 Å². The van der Waals surface area contributed by atoms with Gasteiger partial charge in [0.1, 0.15) is 36.8 Å². The molecule has 3 saturated heterocycles. The molecular weight excluding hydrogens is 1480 g/mol. The minimum atomic E-state index is -4.50. The summed E-state index contributed by atoms with van der Waals surface area (Å²) in [7, 11) is -8.44. The zero-order valence-corrected chi connectivity index (χ0v) is 65.9. The summed E-state index contributed by atoms with van der Waals surface area (Å²) in [4.78, 5) is 116. The van der Waals surface area contributed by atoms with Crippen LogP contribution in [0.1, 0.15) is 142 Å². The molecule has 0 radical (unpaired) electrons. The highest BCUT2D eigenvalue weighted by molar-refractivity contribution is 8.76. The zero-order valence-electron chi connectivity index (χ0n) is 61.8. The molecule has 5 aliphatic rings. The molecule has 3 fully saturated rings. The van der Waals surface area contributed by atoms with E-state index in [2.05, 4.69) is 37.8 Å². The topological polar surface area (TPSA) is 463 Å². The average molecular weight is 1590 g/mol. The van der Waals surface area contributed by atoms with Crippen LogP contribution in [-0.2, 0) is 79.4 Å². The van der Waals surface area contributed by atoms with Gasteiger partial charge in [0.2, 0.25) is 63.0 Å². The monoisotopic (exact) mass is 1580 g/mol. The van der Waals surface area contributed by atoms with Crippen LogP contribution < -0.4 is 49.1 Å². The largest absolute Gasteiger partial charge is 0.370 e. The summed E-state index contributed by atoms with van der Waals surface area (Å²) < 4.78 is 97.9. The lowest BCUT2D eigenvalue weighted by Crippen LogP contribution is -2.58. The lowest BCUT2D eigenvalue weighted by Gasteiger charge is -2.33. The Hall–Kier alpha value is -7.71. The molecule has 0 bridgehead atoms. The molecule has 7 rings (SSSR count). The number of amides is 8. The van der Waals surface area contributed by atoms with Crippen molar-refractivity contribution in [3.63, 3.8) is 0 Å². The highest BCUT2D eigenvalue weighted by Crippen LogP contribution is 2.49. The quantitative estimate of drug-likeness (QED) is 0.00872. The highest BCUT2D eigenvalue weighted by atomic mass is 33.1. The number of nitrogens with zero attached hydrogens (tertiary/aromatic N) is 7. The van der Waals surface area contributed by atoms with Crippen molar-refractivity contribution in [2.24, 2.45) is 27.9 Å². The fourth-order valence-corrected chi connectivity index (χ4v) is 18.6. The Morgan fingerprint density at radius 3 is 2.02 bits per heavy atom. The lowest BCUT2D eigenvalue weighted by molar-refractivity contribution is -0.437. The summed E-state index contributed by atoms with van der Waals surface area (Å²) >= 11 is 0. The number of nitrogens with two attached hydrogens (primary N) is 4. The van der Waals surface area contributed by atoms with Crippen LogP contribution in [0.5, 0.6) is 0 Å². The Labute approximate surface area is 636 Å². The number of aliphatic imine (C=N–C) groups is 1. The Kier molecular flexibility index (Phi) is 31.6. The van der Waals surface area contributed by atoms with Crippen LogP contribution in [0.2, 0.25) is 0 Å². The molecule has 0 unspecified atom stereocenters. The molecule has 5 heterocycles. The number of guanidine groups is 1. The van der Waals surface area contributed by atoms with Gasteiger partial charge in [-0.3, -0.25) is 52.5 Å². The first-order chi connectivity index (χ1) is 50.5. The van der Waals surface area contributed by atoms with Crippen molar-refractivity contribution in [2.45, 2.75) is 182 Å². The molecule has 5 atom stereocenters. The number of primary amides is 1. The third-order valence-corrected chi connectivity index (χ3v) is 25.7. The van der Waals surface area contributed by atoms with Gasteiger partial charge in [0.05, 0.1) is 27.5 Å². The number of carbonyl (C=O) groups excluding carboxylic acids is 8. The average Bonchev–Trinajstić information content (AvgIpc) is 1.58. The first-order valence-corrected chi connectivity index (χ1v) is 43.2. The number of sulfonamides is 1. The maximum atomic E-state index is 14.3. The maximum absolute atomic E-state index is 14.3. The third kappa shape index (κ3) is 23.2. The molecule has 0 saturated carbocycles. The molecule has 590 valence electrons. The van der Waals surface area contributed by atoms with Gasteiger partial charge >= 0.3 is 0 Å². The number of fused-ring (bicyclic) bond motifs is 2. The molecule has 14 N–H and O–H groups in total. The van der Waals surface area contributed by atoms with Gasteiger partial charge in [-0.25, -0.2) is 12.7 Å². The number of likely N-dealkylation sites (tertiary alicyclic amines) is 3. The first-order valence-electron chi connectivity index (χ1n) is 36.2. The minimum Gasteiger partial charge on any atom is -0.370 e. The molecule has 8 amide bonds. The number of hydrogen-bond donors (Lipinski definition) is 10. The second-order valence-electron chi connectivity index (χ2n) is 28.1. The summed E-state index contributed by atoms with van der Waals surface area (Å²) in [5, 5.41) is 11.2. The summed E-state index contributed by atoms with van der Waals surface area (Å²) in [6, 6.07) is 4.91. The first kappa shape index (κ1) is 86.5. The summed E-state index contributed by atoms with van der Waals surface area (Å²) in [5.74, 6) is -3.38. The molecule has 2 aromatic rings. The molecule has 5 aliphatic heterocycles. The van der Waals surface area contributed by atoms with Crippen LogP contribution in [0, 0.1) is 0 Å². The summed E-state index contributed by atoms with van der Waals surface area (Å²) in [5.41, 5.74) is 25.6. The number of carbonyl (C=O) groups is 8. The van der Waals surface area contributed by atoms with Crippen molar-refractivity contribution in [1.82, 2.24) is 40.3 Å². The van der Waals surface area contributed by atoms with Crippen LogP contribution in [0.4, 0.5) is 11.4 Å². The van der Waals surface area contributed by atoms with Crippen molar-refractivity contribution in [2.75, 3.05) is 94.7 Å². The standard InChI is InChI=1S/C71H105N15O16S5/c1-7-36-82-54-31-29-48(44-50(54)70(2,3)59(82)25-11-9-8-10-12-26-60-71(4,5)51-45-49(107(100,101)102)30-32-55(51)83(60)41-20-43-105(95,96)97)106(98,99)81(6)37-18-28-61(87)76-35-19-42-103-104-47-53(64(73)90)79-62(88)27-14-33-77-65(91)56-22-16-39-85(56)68(94)58-24-17-40-86(58)67(93)52(21-13-34-78-69(74)75)80-66(92)57-23-15-38-84(57)63(89)46-72/h8-12,25-26,29-32,44-45,52-53,56-58H,7,13-24,27-28,33-43,46-47,72H2,1-6H3,(H11-,73,74,75,76,77,78,79,80,87,88,90,91,92,95,96,97,100,101,102)/p+1/t52-,53-,56-,57-,58-/m0/s1. The number of nitrogens with one attached hydrogen (secondary N) is 4. The van der Waals surface area contributed by atoms with E-state index < -0.39 is 107 Å². The summed E-state index contributed by atoms with van der Waals surface area (Å²) in [6.07, 6.45) is 18.4. The van der Waals surface area contributed by atoms with E-state index in [1.165, 1.54) is 59.8 Å². The highest BCUT2D eigenvalue weighted by Gasteiger charge is 2.47. The molecule has 0 spiro atoms. The van der Waals surface area contributed by atoms with Crippen molar-refractivity contribution >= 4 is 122 Å². The normalized spacial score (nSPS) is 19.5. The van der Waals surface area contributed by atoms with E-state index in [0.29, 0.717) is 94.5 Å². The van der Waals surface area contributed by atoms with Gasteiger partial charge in [0.15, 0.2) is 11.7 Å². The Bertz CT molecular complexity index is 4140. The third-order valence-electron chi connectivity index (χ3n) is 19.7. The van der Waals surface area contributed by atoms with E-state index >= 15 is 0 Å². The lowest BCUT2D eigenvalue weighted by atomic mass is 9.81. The summed E-state index contributed by atoms with van der Waals surface area (Å²) in [6.45, 7) is 12.2. The van der Waals surface area contributed by atoms with Crippen LogP contribution in [0.25, 0.3) is 0 Å². The Balaban J connectivity index is 0.795. The van der Waals surface area contributed by atoms with Crippen LogP contribution >= 0.6 is 21.6 Å². The van der Waals surface area contributed by atoms with Gasteiger partial charge in [-0.1, -0.05) is 72.7 Å². The number of allylic oxidation sites excluding steroid dienone is 8. The number of hydrogen-bond acceptors (Lipinski definition) is 19. The molecule has 107 heavy (non-hydrogen) atoms. The molecule has 0 aromatic heterocycles. The smallest absolute Gasteiger partial charge is 0.294 e. The van der Waals surface area contributed by atoms with Gasteiger partial charge in [-0.05, 0) is 133 Å². The van der Waals surface area contributed by atoms with Crippen LogP contribution in [-0.4, -0.2) is 237 Å². The fourth-order valence-electron chi connectivity index (χ4n) is 14.1. The maximum Gasteiger partial charge on any atom is 0.294 e. The van der Waals surface area contributed by atoms with Crippen molar-refractivity contribution in [3.05, 3.63) is 95.8 Å². The predicted molar refractivity (Wildman–Crippen MR) is 413 cm³/mol. The van der Waals surface area contributed by atoms with E-state index in [-0.39, 0.29) is 117 Å².